The number of nitrogens with zero attached hydrogens (tertiary/aromatic N) is 2. The lowest BCUT2D eigenvalue weighted by molar-refractivity contribution is -0.133. The van der Waals surface area contributed by atoms with E-state index >= 15 is 0 Å². The van der Waals surface area contributed by atoms with Gasteiger partial charge in [0.05, 0.1) is 12.3 Å². The molecular weight excluding hydrogens is 270 g/mol. The maximum Gasteiger partial charge on any atom is 0.289 e. The van der Waals surface area contributed by atoms with Crippen molar-refractivity contribution in [3.63, 3.8) is 0 Å². The molecule has 0 radical (unpaired) electrons. The lowest BCUT2D eigenvalue weighted by Crippen LogP contribution is -2.53. The van der Waals surface area contributed by atoms with Gasteiger partial charge in [-0.1, -0.05) is 0 Å². The van der Waals surface area contributed by atoms with Crippen LogP contribution in [0.25, 0.3) is 0 Å². The first-order valence-corrected chi connectivity index (χ1v) is 5.96. The molecule has 1 fully saturated rings. The molecule has 1 aromatic heterocycles. The van der Waals surface area contributed by atoms with Crippen LogP contribution < -0.4 is 5.73 Å². The van der Waals surface area contributed by atoms with Crippen LogP contribution in [0.3, 0.4) is 0 Å². The van der Waals surface area contributed by atoms with Crippen LogP contribution in [0.2, 0.25) is 0 Å². The molecule has 0 bridgehead atoms. The second-order valence-electron chi connectivity index (χ2n) is 4.38. The molecule has 0 spiro atoms. The summed E-state index contributed by atoms with van der Waals surface area (Å²) in [4.78, 5) is 27.0. The van der Waals surface area contributed by atoms with Crippen molar-refractivity contribution in [3.8, 4) is 0 Å². The zero-order valence-corrected chi connectivity index (χ0v) is 11.6. The summed E-state index contributed by atoms with van der Waals surface area (Å²) in [6, 6.07) is 2.84. The predicted molar refractivity (Wildman–Crippen MR) is 72.1 cm³/mol. The third kappa shape index (κ3) is 3.48. The first-order chi connectivity index (χ1) is 8.59. The smallest absolute Gasteiger partial charge is 0.289 e. The van der Waals surface area contributed by atoms with Crippen LogP contribution in [0.1, 0.15) is 17.5 Å². The molecule has 1 saturated heterocycles. The van der Waals surface area contributed by atoms with Crippen molar-refractivity contribution in [1.82, 2.24) is 9.80 Å². The van der Waals surface area contributed by atoms with Gasteiger partial charge in [-0.15, -0.1) is 12.4 Å². The highest BCUT2D eigenvalue weighted by molar-refractivity contribution is 5.91. The van der Waals surface area contributed by atoms with Gasteiger partial charge < -0.3 is 20.0 Å². The summed E-state index contributed by atoms with van der Waals surface area (Å²) in [5.74, 6) is 0.134. The number of hydrogen-bond acceptors (Lipinski definition) is 4. The monoisotopic (exact) mass is 287 g/mol. The Hall–Kier alpha value is -1.53. The van der Waals surface area contributed by atoms with E-state index in [4.69, 9.17) is 10.2 Å². The maximum absolute atomic E-state index is 12.0. The van der Waals surface area contributed by atoms with Crippen molar-refractivity contribution >= 4 is 24.2 Å². The van der Waals surface area contributed by atoms with Crippen molar-refractivity contribution in [2.45, 2.75) is 13.0 Å². The summed E-state index contributed by atoms with van der Waals surface area (Å²) in [7, 11) is 0. The van der Waals surface area contributed by atoms with E-state index in [0.717, 1.165) is 0 Å². The summed E-state index contributed by atoms with van der Waals surface area (Å²) in [5.41, 5.74) is 5.55. The molecule has 1 aliphatic heterocycles. The summed E-state index contributed by atoms with van der Waals surface area (Å²) < 4.78 is 5.07. The third-order valence-electron chi connectivity index (χ3n) is 3.00. The van der Waals surface area contributed by atoms with Crippen molar-refractivity contribution < 1.29 is 14.0 Å². The van der Waals surface area contributed by atoms with Gasteiger partial charge in [0.25, 0.3) is 5.91 Å². The lowest BCUT2D eigenvalue weighted by Gasteiger charge is -2.35. The van der Waals surface area contributed by atoms with E-state index in [9.17, 15) is 9.59 Å². The molecule has 1 atom stereocenters. The zero-order chi connectivity index (χ0) is 13.1. The van der Waals surface area contributed by atoms with E-state index < -0.39 is 6.04 Å². The highest BCUT2D eigenvalue weighted by atomic mass is 35.5. The largest absolute Gasteiger partial charge is 0.459 e. The Bertz CT molecular complexity index is 425. The summed E-state index contributed by atoms with van der Waals surface area (Å²) in [6.07, 6.45) is 1.48. The molecule has 2 rings (SSSR count). The number of rotatable bonds is 2. The van der Waals surface area contributed by atoms with Crippen LogP contribution in [-0.4, -0.2) is 53.8 Å². The Kier molecular flexibility index (Phi) is 5.38. The molecule has 2 heterocycles. The fourth-order valence-electron chi connectivity index (χ4n) is 1.97. The van der Waals surface area contributed by atoms with Gasteiger partial charge in [-0.25, -0.2) is 0 Å². The Balaban J connectivity index is 0.00000180. The van der Waals surface area contributed by atoms with Crippen LogP contribution >= 0.6 is 12.4 Å². The first kappa shape index (κ1) is 15.5. The Morgan fingerprint density at radius 2 is 1.84 bits per heavy atom. The van der Waals surface area contributed by atoms with Gasteiger partial charge in [-0.3, -0.25) is 9.59 Å². The van der Waals surface area contributed by atoms with Crippen molar-refractivity contribution in [3.05, 3.63) is 24.2 Å². The normalized spacial score (nSPS) is 16.7. The molecule has 1 aromatic rings. The van der Waals surface area contributed by atoms with Crippen LogP contribution in [0.15, 0.2) is 22.8 Å². The van der Waals surface area contributed by atoms with E-state index in [-0.39, 0.29) is 24.2 Å². The van der Waals surface area contributed by atoms with Gasteiger partial charge in [-0.05, 0) is 19.1 Å². The summed E-state index contributed by atoms with van der Waals surface area (Å²) in [6.45, 7) is 3.73. The van der Waals surface area contributed by atoms with Gasteiger partial charge in [-0.2, -0.15) is 0 Å². The molecule has 6 nitrogen and oxygen atoms in total. The molecule has 106 valence electrons. The average Bonchev–Trinajstić information content (AvgIpc) is 2.91. The van der Waals surface area contributed by atoms with Crippen molar-refractivity contribution in [1.29, 1.82) is 0 Å². The molecule has 2 N–H and O–H groups in total. The van der Waals surface area contributed by atoms with Crippen molar-refractivity contribution in [2.75, 3.05) is 26.2 Å². The first-order valence-electron chi connectivity index (χ1n) is 5.96. The number of amides is 2. The Morgan fingerprint density at radius 3 is 2.32 bits per heavy atom. The molecule has 7 heteroatoms. The molecule has 0 aliphatic carbocycles. The van der Waals surface area contributed by atoms with Crippen LogP contribution in [0, 0.1) is 0 Å². The maximum atomic E-state index is 12.0. The molecular formula is C12H18ClN3O3. The predicted octanol–water partition coefficient (Wildman–Crippen LogP) is 0.333. The standard InChI is InChI=1S/C12H17N3O3.ClH/c1-9(13)11(16)14-4-6-15(7-5-14)12(17)10-3-2-8-18-10;/h2-3,8-9H,4-7,13H2,1H3;1H/t9-;/m1./s1. The van der Waals surface area contributed by atoms with Gasteiger partial charge in [0.15, 0.2) is 5.76 Å². The molecule has 1 aliphatic rings. The minimum Gasteiger partial charge on any atom is -0.459 e. The minimum atomic E-state index is -0.489. The average molecular weight is 288 g/mol. The van der Waals surface area contributed by atoms with E-state index in [1.54, 1.807) is 28.9 Å². The number of halogens is 1. The zero-order valence-electron chi connectivity index (χ0n) is 10.7. The second kappa shape index (κ2) is 6.58. The van der Waals surface area contributed by atoms with Crippen LogP contribution in [-0.2, 0) is 4.79 Å². The van der Waals surface area contributed by atoms with Gasteiger partial charge in [0, 0.05) is 26.2 Å². The van der Waals surface area contributed by atoms with Crippen LogP contribution in [0.4, 0.5) is 0 Å². The van der Waals surface area contributed by atoms with E-state index in [2.05, 4.69) is 0 Å². The minimum absolute atomic E-state index is 0. The Morgan fingerprint density at radius 1 is 1.26 bits per heavy atom. The molecule has 2 amide bonds. The highest BCUT2D eigenvalue weighted by Crippen LogP contribution is 2.09. The van der Waals surface area contributed by atoms with Gasteiger partial charge >= 0.3 is 0 Å². The van der Waals surface area contributed by atoms with Gasteiger partial charge in [0.1, 0.15) is 0 Å². The number of nitrogens with two attached hydrogens (primary N) is 1. The van der Waals surface area contributed by atoms with Gasteiger partial charge in [0.2, 0.25) is 5.91 Å². The fourth-order valence-corrected chi connectivity index (χ4v) is 1.97. The van der Waals surface area contributed by atoms with Crippen molar-refractivity contribution in [2.24, 2.45) is 5.73 Å². The number of hydrogen-bond donors (Lipinski definition) is 1. The molecule has 0 unspecified atom stereocenters. The van der Waals surface area contributed by atoms with E-state index in [1.807, 2.05) is 0 Å². The number of furan rings is 1. The third-order valence-corrected chi connectivity index (χ3v) is 3.00. The second-order valence-corrected chi connectivity index (χ2v) is 4.38. The van der Waals surface area contributed by atoms with Crippen LogP contribution in [0.5, 0.6) is 0 Å². The summed E-state index contributed by atoms with van der Waals surface area (Å²) in [5, 5.41) is 0. The Labute approximate surface area is 117 Å². The van der Waals surface area contributed by atoms with E-state index in [0.29, 0.717) is 31.9 Å². The van der Waals surface area contributed by atoms with E-state index in [1.165, 1.54) is 6.26 Å². The lowest BCUT2D eigenvalue weighted by atomic mass is 10.2. The molecule has 0 saturated carbocycles. The SMILES string of the molecule is C[C@@H](N)C(=O)N1CCN(C(=O)c2ccco2)CC1.Cl. The quantitative estimate of drug-likeness (QED) is 0.850. The number of carbonyl (C=O) groups excluding carboxylic acids is 2. The summed E-state index contributed by atoms with van der Waals surface area (Å²) >= 11 is 0. The molecule has 19 heavy (non-hydrogen) atoms. The number of piperazine rings is 1. The number of carbonyl (C=O) groups is 2. The topological polar surface area (TPSA) is 79.8 Å². The molecule has 0 aromatic carbocycles. The fraction of sp³-hybridized carbons (Fsp3) is 0.500. The highest BCUT2D eigenvalue weighted by Gasteiger charge is 2.26.